The molecule has 5 atom stereocenters. The summed E-state index contributed by atoms with van der Waals surface area (Å²) in [7, 11) is -9.98. The minimum atomic E-state index is -4.99. The van der Waals surface area contributed by atoms with Crippen molar-refractivity contribution >= 4 is 39.5 Å². The van der Waals surface area contributed by atoms with E-state index in [9.17, 15) is 43.2 Å². The van der Waals surface area contributed by atoms with E-state index in [1.807, 2.05) is 12.2 Å². The Kier molecular flexibility index (Phi) is 67.2. The number of rotatable bonds is 69. The van der Waals surface area contributed by atoms with Gasteiger partial charge in [0.25, 0.3) is 0 Å². The van der Waals surface area contributed by atoms with Crippen molar-refractivity contribution in [1.29, 1.82) is 0 Å². The highest BCUT2D eigenvalue weighted by Gasteiger charge is 2.30. The predicted octanol–water partition coefficient (Wildman–Crippen LogP) is 21.3. The highest BCUT2D eigenvalue weighted by atomic mass is 31.2. The number of phosphoric acid groups is 2. The first-order valence-corrected chi connectivity index (χ1v) is 40.4. The van der Waals surface area contributed by atoms with Gasteiger partial charge in [-0.15, -0.1) is 0 Å². The number of aliphatic hydroxyl groups excluding tert-OH is 1. The summed E-state index contributed by atoms with van der Waals surface area (Å²) in [5, 5.41) is 10.6. The van der Waals surface area contributed by atoms with Crippen molar-refractivity contribution in [3.63, 3.8) is 0 Å². The molecule has 98 heavy (non-hydrogen) atoms. The quantitative estimate of drug-likeness (QED) is 0.0169. The molecule has 0 spiro atoms. The van der Waals surface area contributed by atoms with Crippen LogP contribution in [-0.2, 0) is 65.4 Å². The number of allylic oxidation sites excluding steroid dienone is 22. The van der Waals surface area contributed by atoms with Crippen LogP contribution in [0.15, 0.2) is 134 Å². The molecule has 0 aromatic heterocycles. The van der Waals surface area contributed by atoms with Crippen LogP contribution >= 0.6 is 15.6 Å². The molecule has 0 rings (SSSR count). The molecule has 5 unspecified atom stereocenters. The first kappa shape index (κ1) is 93.2. The van der Waals surface area contributed by atoms with Crippen LogP contribution in [0.25, 0.3) is 0 Å². The molecular weight excluding hydrogens is 1280 g/mol. The fourth-order valence-electron chi connectivity index (χ4n) is 9.42. The number of unbranched alkanes of at least 4 members (excludes halogenated alkanes) is 21. The van der Waals surface area contributed by atoms with Gasteiger partial charge in [-0.2, -0.15) is 0 Å². The zero-order valence-electron chi connectivity index (χ0n) is 60.9. The van der Waals surface area contributed by atoms with Crippen molar-refractivity contribution < 1.29 is 80.2 Å². The fourth-order valence-corrected chi connectivity index (χ4v) is 11.0. The highest BCUT2D eigenvalue weighted by Crippen LogP contribution is 2.45. The lowest BCUT2D eigenvalue weighted by atomic mass is 10.1. The topological polar surface area (TPSA) is 237 Å². The molecule has 560 valence electrons. The number of aliphatic hydroxyl groups is 1. The van der Waals surface area contributed by atoms with Gasteiger partial charge in [0.15, 0.2) is 12.2 Å². The summed E-state index contributed by atoms with van der Waals surface area (Å²) in [6, 6.07) is 0. The molecule has 0 amide bonds. The lowest BCUT2D eigenvalue weighted by molar-refractivity contribution is -0.161. The van der Waals surface area contributed by atoms with Crippen LogP contribution in [0, 0.1) is 0 Å². The van der Waals surface area contributed by atoms with E-state index in [1.54, 1.807) is 0 Å². The third-order valence-corrected chi connectivity index (χ3v) is 17.0. The number of ether oxygens (including phenoxy) is 4. The van der Waals surface area contributed by atoms with Crippen molar-refractivity contribution in [1.82, 2.24) is 0 Å². The highest BCUT2D eigenvalue weighted by molar-refractivity contribution is 7.47. The molecule has 0 fully saturated rings. The number of carbonyl (C=O) groups is 4. The van der Waals surface area contributed by atoms with Gasteiger partial charge < -0.3 is 33.8 Å². The van der Waals surface area contributed by atoms with Crippen molar-refractivity contribution in [2.24, 2.45) is 0 Å². The van der Waals surface area contributed by atoms with E-state index in [1.165, 1.54) is 25.7 Å². The summed E-state index contributed by atoms with van der Waals surface area (Å²) in [6.45, 7) is 4.44. The number of hydrogen-bond acceptors (Lipinski definition) is 15. The smallest absolute Gasteiger partial charge is 0.462 e. The second-order valence-electron chi connectivity index (χ2n) is 24.5. The molecule has 0 saturated carbocycles. The van der Waals surface area contributed by atoms with E-state index in [4.69, 9.17) is 37.0 Å². The monoisotopic (exact) mass is 1410 g/mol. The largest absolute Gasteiger partial charge is 0.472 e. The molecule has 0 aromatic carbocycles. The lowest BCUT2D eigenvalue weighted by Crippen LogP contribution is -2.30. The molecule has 0 aliphatic rings. The Balaban J connectivity index is 5.42. The second-order valence-corrected chi connectivity index (χ2v) is 27.4. The Morgan fingerprint density at radius 3 is 0.908 bits per heavy atom. The summed E-state index contributed by atoms with van der Waals surface area (Å²) in [6.07, 6.45) is 77.4. The van der Waals surface area contributed by atoms with Gasteiger partial charge >= 0.3 is 39.5 Å². The number of carbonyl (C=O) groups excluding carboxylic acids is 4. The van der Waals surface area contributed by atoms with Crippen LogP contribution in [0.5, 0.6) is 0 Å². The molecule has 0 saturated heterocycles. The predicted molar refractivity (Wildman–Crippen MR) is 399 cm³/mol. The Hall–Kier alpha value is -4.80. The molecule has 0 aliphatic heterocycles. The van der Waals surface area contributed by atoms with E-state index < -0.39 is 97.5 Å². The van der Waals surface area contributed by atoms with Crippen LogP contribution in [0.2, 0.25) is 0 Å². The Morgan fingerprint density at radius 2 is 0.561 bits per heavy atom. The van der Waals surface area contributed by atoms with Crippen LogP contribution in [0.3, 0.4) is 0 Å². The third-order valence-electron chi connectivity index (χ3n) is 15.1. The van der Waals surface area contributed by atoms with Gasteiger partial charge in [-0.05, 0) is 148 Å². The zero-order chi connectivity index (χ0) is 71.8. The van der Waals surface area contributed by atoms with Gasteiger partial charge in [0.1, 0.15) is 19.3 Å². The zero-order valence-corrected chi connectivity index (χ0v) is 62.7. The molecule has 0 radical (unpaired) electrons. The SMILES string of the molecule is CC/C=C\C/C=C\C/C=C\C/C=C\C/C=C\CCCC(=O)OCC(COP(=O)(O)OCC(O)COP(=O)(O)OCC(COC(=O)CCCCCCC/C=C\C/C=C\C/C=C\CC)OC(=O)CCCCCCC/C=C\C/C=C\CCC)OC(=O)CCCCCCC/C=C\CCCCCC. The van der Waals surface area contributed by atoms with E-state index in [0.29, 0.717) is 32.1 Å². The Bertz CT molecular complexity index is 2380. The average Bonchev–Trinajstić information content (AvgIpc) is 0.969. The molecule has 0 aliphatic carbocycles. The summed E-state index contributed by atoms with van der Waals surface area (Å²) in [4.78, 5) is 72.8. The number of esters is 4. The first-order valence-electron chi connectivity index (χ1n) is 37.4. The Labute approximate surface area is 593 Å². The second kappa shape index (κ2) is 70.6. The summed E-state index contributed by atoms with van der Waals surface area (Å²) in [5.74, 6) is -2.29. The van der Waals surface area contributed by atoms with Crippen LogP contribution in [0.1, 0.15) is 285 Å². The molecule has 3 N–H and O–H groups in total. The summed E-state index contributed by atoms with van der Waals surface area (Å²) < 4.78 is 68.3. The van der Waals surface area contributed by atoms with Gasteiger partial charge in [0, 0.05) is 25.7 Å². The molecule has 0 heterocycles. The lowest BCUT2D eigenvalue weighted by Gasteiger charge is -2.21. The summed E-state index contributed by atoms with van der Waals surface area (Å²) in [5.41, 5.74) is 0. The average molecular weight is 1420 g/mol. The van der Waals surface area contributed by atoms with Crippen molar-refractivity contribution in [2.45, 2.75) is 303 Å². The first-order chi connectivity index (χ1) is 47.7. The van der Waals surface area contributed by atoms with E-state index in [2.05, 4.69) is 149 Å². The normalized spacial score (nSPS) is 14.7. The van der Waals surface area contributed by atoms with Crippen molar-refractivity contribution in [3.05, 3.63) is 134 Å². The van der Waals surface area contributed by atoms with Crippen LogP contribution in [0.4, 0.5) is 0 Å². The van der Waals surface area contributed by atoms with Gasteiger partial charge in [-0.3, -0.25) is 37.3 Å². The van der Waals surface area contributed by atoms with Gasteiger partial charge in [-0.1, -0.05) is 245 Å². The van der Waals surface area contributed by atoms with Crippen molar-refractivity contribution in [2.75, 3.05) is 39.6 Å². The molecular formula is C79H132O17P2. The molecule has 0 aromatic rings. The summed E-state index contributed by atoms with van der Waals surface area (Å²) >= 11 is 0. The maximum Gasteiger partial charge on any atom is 0.472 e. The number of phosphoric ester groups is 2. The van der Waals surface area contributed by atoms with E-state index in [0.717, 1.165) is 173 Å². The maximum absolute atomic E-state index is 13.1. The van der Waals surface area contributed by atoms with Gasteiger partial charge in [-0.25, -0.2) is 9.13 Å². The van der Waals surface area contributed by atoms with Crippen LogP contribution in [-0.4, -0.2) is 96.7 Å². The Morgan fingerprint density at radius 1 is 0.296 bits per heavy atom. The minimum absolute atomic E-state index is 0.0692. The molecule has 0 bridgehead atoms. The standard InChI is InChI=1S/C79H132O17P2/c1-5-9-13-17-21-25-29-33-35-36-38-42-44-48-52-56-60-64-77(82)90-70-75(96-79(84)66-62-58-54-50-46-40-32-28-24-20-16-12-8-4)72-94-98(87,88)92-68-73(80)67-91-97(85,86)93-71-74(95-78(83)65-61-57-53-49-45-39-31-27-23-19-15-11-7-3)69-89-76(81)63-59-55-51-47-43-41-37-34-30-26-22-18-14-10-6-2/h9-10,13-15,19,21-22,25-28,31-35,37-38,42,48,52,73-75,80H,5-8,11-12,16-18,20,23-24,29-30,36,39-41,43-47,49-51,53-72H2,1-4H3,(H,85,86)(H,87,88)/b13-9-,14-10-,19-15-,25-21-,26-22-,31-27-,32-28-,35-33-,37-34-,42-38-,52-48-. The van der Waals surface area contributed by atoms with Crippen LogP contribution < -0.4 is 0 Å². The minimum Gasteiger partial charge on any atom is -0.462 e. The van der Waals surface area contributed by atoms with Gasteiger partial charge in [0.05, 0.1) is 26.4 Å². The maximum atomic E-state index is 13.1. The van der Waals surface area contributed by atoms with Crippen molar-refractivity contribution in [3.8, 4) is 0 Å². The van der Waals surface area contributed by atoms with E-state index in [-0.39, 0.29) is 25.7 Å². The third kappa shape index (κ3) is 69.7. The molecule has 19 heteroatoms. The number of hydrogen-bond donors (Lipinski definition) is 3. The fraction of sp³-hybridized carbons (Fsp3) is 0.671. The van der Waals surface area contributed by atoms with E-state index >= 15 is 0 Å². The molecule has 17 nitrogen and oxygen atoms in total. The van der Waals surface area contributed by atoms with Gasteiger partial charge in [0.2, 0.25) is 0 Å².